The third-order valence-electron chi connectivity index (χ3n) is 3.66. The number of rotatable bonds is 3. The van der Waals surface area contributed by atoms with Crippen LogP contribution in [0.15, 0.2) is 18.3 Å². The quantitative estimate of drug-likeness (QED) is 0.887. The first kappa shape index (κ1) is 14.1. The van der Waals surface area contributed by atoms with E-state index in [4.69, 9.17) is 0 Å². The van der Waals surface area contributed by atoms with Crippen molar-refractivity contribution in [2.24, 2.45) is 7.05 Å². The van der Waals surface area contributed by atoms with Gasteiger partial charge in [-0.25, -0.2) is 0 Å². The highest BCUT2D eigenvalue weighted by Gasteiger charge is 2.12. The Morgan fingerprint density at radius 2 is 1.74 bits per heavy atom. The number of aromatic nitrogens is 1. The Bertz CT molecular complexity index is 585. The van der Waals surface area contributed by atoms with Gasteiger partial charge in [-0.05, 0) is 64.3 Å². The molecule has 0 saturated carbocycles. The maximum Gasteiger partial charge on any atom is 0.0512 e. The van der Waals surface area contributed by atoms with Crippen molar-refractivity contribution >= 4 is 10.9 Å². The second-order valence-electron chi connectivity index (χ2n) is 6.61. The number of nitrogens with one attached hydrogen (secondary N) is 1. The largest absolute Gasteiger partial charge is 0.350 e. The summed E-state index contributed by atoms with van der Waals surface area (Å²) >= 11 is 0. The van der Waals surface area contributed by atoms with Gasteiger partial charge in [0.2, 0.25) is 0 Å². The minimum atomic E-state index is 0.190. The van der Waals surface area contributed by atoms with Gasteiger partial charge in [-0.15, -0.1) is 0 Å². The summed E-state index contributed by atoms with van der Waals surface area (Å²) in [4.78, 5) is 0. The van der Waals surface area contributed by atoms with Crippen LogP contribution in [0.3, 0.4) is 0 Å². The Labute approximate surface area is 116 Å². The Hall–Kier alpha value is -1.28. The molecular formula is C17H26N2. The Morgan fingerprint density at radius 3 is 2.37 bits per heavy atom. The normalized spacial score (nSPS) is 12.3. The molecule has 0 spiro atoms. The highest BCUT2D eigenvalue weighted by Crippen LogP contribution is 2.27. The maximum absolute atomic E-state index is 3.57. The fraction of sp³-hybridized carbons (Fsp3) is 0.529. The molecule has 2 aromatic rings. The van der Waals surface area contributed by atoms with Crippen LogP contribution in [0, 0.1) is 13.8 Å². The van der Waals surface area contributed by atoms with Gasteiger partial charge in [0, 0.05) is 24.2 Å². The van der Waals surface area contributed by atoms with Gasteiger partial charge >= 0.3 is 0 Å². The minimum Gasteiger partial charge on any atom is -0.350 e. The Morgan fingerprint density at radius 1 is 1.11 bits per heavy atom. The van der Waals surface area contributed by atoms with Gasteiger partial charge in [-0.1, -0.05) is 12.1 Å². The number of hydrogen-bond donors (Lipinski definition) is 1. The van der Waals surface area contributed by atoms with Crippen LogP contribution in [0.5, 0.6) is 0 Å². The third-order valence-corrected chi connectivity index (χ3v) is 3.66. The van der Waals surface area contributed by atoms with Crippen molar-refractivity contribution in [1.82, 2.24) is 9.88 Å². The highest BCUT2D eigenvalue weighted by molar-refractivity contribution is 5.89. The molecule has 0 aliphatic heterocycles. The van der Waals surface area contributed by atoms with E-state index < -0.39 is 0 Å². The van der Waals surface area contributed by atoms with Crippen LogP contribution in [-0.2, 0) is 13.5 Å². The summed E-state index contributed by atoms with van der Waals surface area (Å²) in [5.74, 6) is 0. The average Bonchev–Trinajstić information content (AvgIpc) is 2.61. The first-order valence-corrected chi connectivity index (χ1v) is 7.09. The van der Waals surface area contributed by atoms with Crippen molar-refractivity contribution in [3.05, 3.63) is 35.0 Å². The van der Waals surface area contributed by atoms with Crippen molar-refractivity contribution < 1.29 is 0 Å². The molecule has 2 heteroatoms. The minimum absolute atomic E-state index is 0.190. The molecular weight excluding hydrogens is 232 g/mol. The van der Waals surface area contributed by atoms with Crippen molar-refractivity contribution in [3.8, 4) is 0 Å². The zero-order valence-electron chi connectivity index (χ0n) is 13.1. The molecule has 0 aliphatic rings. The monoisotopic (exact) mass is 258 g/mol. The second kappa shape index (κ2) is 5.01. The predicted octanol–water partition coefficient (Wildman–Crippen LogP) is 3.73. The van der Waals surface area contributed by atoms with Crippen LogP contribution < -0.4 is 5.32 Å². The average molecular weight is 258 g/mol. The first-order chi connectivity index (χ1) is 8.79. The molecule has 104 valence electrons. The Kier molecular flexibility index (Phi) is 3.73. The van der Waals surface area contributed by atoms with E-state index in [1.807, 2.05) is 0 Å². The molecule has 0 atom stereocenters. The van der Waals surface area contributed by atoms with Crippen molar-refractivity contribution in [1.29, 1.82) is 0 Å². The molecule has 1 aromatic heterocycles. The number of aryl methyl sites for hydroxylation is 3. The SMILES string of the molecule is Cc1ccc(C)c2c1c(CCNC(C)(C)C)cn2C. The van der Waals surface area contributed by atoms with Gasteiger partial charge in [0.15, 0.2) is 0 Å². The number of hydrogen-bond acceptors (Lipinski definition) is 1. The molecule has 0 aliphatic carbocycles. The van der Waals surface area contributed by atoms with Gasteiger partial charge in [0.25, 0.3) is 0 Å². The van der Waals surface area contributed by atoms with Crippen LogP contribution in [0.4, 0.5) is 0 Å². The van der Waals surface area contributed by atoms with E-state index in [0.717, 1.165) is 13.0 Å². The van der Waals surface area contributed by atoms with E-state index in [0.29, 0.717) is 0 Å². The van der Waals surface area contributed by atoms with E-state index in [1.54, 1.807) is 0 Å². The Balaban J connectivity index is 2.32. The molecule has 0 bridgehead atoms. The molecule has 1 aromatic carbocycles. The molecule has 2 nitrogen and oxygen atoms in total. The third kappa shape index (κ3) is 3.01. The lowest BCUT2D eigenvalue weighted by molar-refractivity contribution is 0.430. The van der Waals surface area contributed by atoms with E-state index >= 15 is 0 Å². The van der Waals surface area contributed by atoms with Gasteiger partial charge in [-0.2, -0.15) is 0 Å². The van der Waals surface area contributed by atoms with Gasteiger partial charge < -0.3 is 9.88 Å². The first-order valence-electron chi connectivity index (χ1n) is 7.09. The van der Waals surface area contributed by atoms with Crippen molar-refractivity contribution in [2.45, 2.75) is 46.6 Å². The lowest BCUT2D eigenvalue weighted by atomic mass is 10.0. The summed E-state index contributed by atoms with van der Waals surface area (Å²) in [6.45, 7) is 12.1. The molecule has 2 rings (SSSR count). The van der Waals surface area contributed by atoms with Crippen molar-refractivity contribution in [3.63, 3.8) is 0 Å². The number of fused-ring (bicyclic) bond motifs is 1. The second-order valence-corrected chi connectivity index (χ2v) is 6.61. The standard InChI is InChI=1S/C17H26N2/c1-12-7-8-13(2)16-15(12)14(11-19(16)6)9-10-18-17(3,4)5/h7-8,11,18H,9-10H2,1-6H3. The van der Waals surface area contributed by atoms with Crippen LogP contribution >= 0.6 is 0 Å². The molecule has 1 N–H and O–H groups in total. The summed E-state index contributed by atoms with van der Waals surface area (Å²) < 4.78 is 2.27. The molecule has 1 heterocycles. The van der Waals surface area contributed by atoms with Crippen LogP contribution in [0.1, 0.15) is 37.5 Å². The molecule has 0 radical (unpaired) electrons. The molecule has 0 fully saturated rings. The fourth-order valence-corrected chi connectivity index (χ4v) is 2.78. The summed E-state index contributed by atoms with van der Waals surface area (Å²) in [6, 6.07) is 4.45. The van der Waals surface area contributed by atoms with E-state index in [2.05, 4.69) is 69.9 Å². The number of benzene rings is 1. The number of nitrogens with zero attached hydrogens (tertiary/aromatic N) is 1. The van der Waals surface area contributed by atoms with Crippen LogP contribution in [-0.4, -0.2) is 16.7 Å². The van der Waals surface area contributed by atoms with Gasteiger partial charge in [0.1, 0.15) is 0 Å². The van der Waals surface area contributed by atoms with Crippen LogP contribution in [0.25, 0.3) is 10.9 Å². The molecule has 19 heavy (non-hydrogen) atoms. The zero-order valence-corrected chi connectivity index (χ0v) is 13.1. The lowest BCUT2D eigenvalue weighted by Crippen LogP contribution is -2.37. The smallest absolute Gasteiger partial charge is 0.0512 e. The zero-order chi connectivity index (χ0) is 14.2. The summed E-state index contributed by atoms with van der Waals surface area (Å²) in [5, 5.41) is 5.01. The van der Waals surface area contributed by atoms with E-state index in [1.165, 1.54) is 27.6 Å². The summed E-state index contributed by atoms with van der Waals surface area (Å²) in [6.07, 6.45) is 3.37. The lowest BCUT2D eigenvalue weighted by Gasteiger charge is -2.20. The molecule has 0 saturated heterocycles. The highest BCUT2D eigenvalue weighted by atomic mass is 14.9. The van der Waals surface area contributed by atoms with E-state index in [-0.39, 0.29) is 5.54 Å². The van der Waals surface area contributed by atoms with Gasteiger partial charge in [-0.3, -0.25) is 0 Å². The molecule has 0 unspecified atom stereocenters. The molecule has 0 amide bonds. The predicted molar refractivity (Wildman–Crippen MR) is 83.9 cm³/mol. The van der Waals surface area contributed by atoms with Crippen molar-refractivity contribution in [2.75, 3.05) is 6.54 Å². The summed E-state index contributed by atoms with van der Waals surface area (Å²) in [5.41, 5.74) is 5.77. The fourth-order valence-electron chi connectivity index (χ4n) is 2.78. The summed E-state index contributed by atoms with van der Waals surface area (Å²) in [7, 11) is 2.15. The van der Waals surface area contributed by atoms with Crippen LogP contribution in [0.2, 0.25) is 0 Å². The maximum atomic E-state index is 3.57. The van der Waals surface area contributed by atoms with Gasteiger partial charge in [0.05, 0.1) is 5.52 Å². The topological polar surface area (TPSA) is 17.0 Å². The van der Waals surface area contributed by atoms with E-state index in [9.17, 15) is 0 Å².